The molecule has 0 aromatic heterocycles. The van der Waals surface area contributed by atoms with E-state index in [1.807, 2.05) is 0 Å². The minimum Gasteiger partial charge on any atom is -0.395 e. The number of carbonyl (C=O) groups excluding carboxylic acids is 1. The number of fused-ring (bicyclic) bond motifs is 1. The van der Waals surface area contributed by atoms with E-state index in [0.29, 0.717) is 11.3 Å². The highest BCUT2D eigenvalue weighted by molar-refractivity contribution is 6.03. The molecular weight excluding hydrogens is 289 g/mol. The van der Waals surface area contributed by atoms with Crippen LogP contribution in [0.1, 0.15) is 11.7 Å². The van der Waals surface area contributed by atoms with Crippen LogP contribution in [0.15, 0.2) is 18.2 Å². The average molecular weight is 304 g/mol. The lowest BCUT2D eigenvalue weighted by molar-refractivity contribution is -0.125. The van der Waals surface area contributed by atoms with Crippen LogP contribution in [0.4, 0.5) is 24.5 Å². The number of halogens is 3. The van der Waals surface area contributed by atoms with Gasteiger partial charge in [0.25, 0.3) is 5.91 Å². The number of aliphatic hydroxyl groups excluding tert-OH is 2. The van der Waals surface area contributed by atoms with Gasteiger partial charge in [-0.2, -0.15) is 13.2 Å². The molecule has 0 fully saturated rings. The van der Waals surface area contributed by atoms with Gasteiger partial charge in [0, 0.05) is 24.8 Å². The summed E-state index contributed by atoms with van der Waals surface area (Å²) in [7, 11) is 1.45. The SMILES string of the molecule is CN1C(=O)C(O)c2ccc(N(CCO)CC(F)(F)F)cc21. The topological polar surface area (TPSA) is 64.0 Å². The van der Waals surface area contributed by atoms with Crippen LogP contribution in [0, 0.1) is 0 Å². The molecule has 1 unspecified atom stereocenters. The van der Waals surface area contributed by atoms with Crippen molar-refractivity contribution < 1.29 is 28.2 Å². The predicted octanol–water partition coefficient (Wildman–Crippen LogP) is 1.06. The van der Waals surface area contributed by atoms with E-state index in [4.69, 9.17) is 5.11 Å². The molecule has 0 aliphatic carbocycles. The summed E-state index contributed by atoms with van der Waals surface area (Å²) < 4.78 is 37.7. The number of benzene rings is 1. The van der Waals surface area contributed by atoms with Gasteiger partial charge in [-0.3, -0.25) is 4.79 Å². The highest BCUT2D eigenvalue weighted by Gasteiger charge is 2.35. The van der Waals surface area contributed by atoms with Gasteiger partial charge in [0.15, 0.2) is 6.10 Å². The minimum absolute atomic E-state index is 0.182. The number of nitrogens with zero attached hydrogens (tertiary/aromatic N) is 2. The zero-order valence-corrected chi connectivity index (χ0v) is 11.3. The van der Waals surface area contributed by atoms with Gasteiger partial charge in [0.1, 0.15) is 6.54 Å². The molecule has 1 aromatic carbocycles. The molecule has 1 heterocycles. The normalized spacial score (nSPS) is 18.1. The average Bonchev–Trinajstić information content (AvgIpc) is 2.62. The third kappa shape index (κ3) is 3.11. The number of anilines is 2. The van der Waals surface area contributed by atoms with Crippen LogP contribution < -0.4 is 9.80 Å². The number of hydrogen-bond donors (Lipinski definition) is 2. The molecule has 1 aliphatic rings. The van der Waals surface area contributed by atoms with Crippen LogP contribution in [-0.4, -0.2) is 49.0 Å². The number of hydrogen-bond acceptors (Lipinski definition) is 4. The summed E-state index contributed by atoms with van der Waals surface area (Å²) in [5.74, 6) is -0.522. The van der Waals surface area contributed by atoms with E-state index in [0.717, 1.165) is 4.90 Å². The first-order valence-electron chi connectivity index (χ1n) is 6.26. The lowest BCUT2D eigenvalue weighted by atomic mass is 10.1. The van der Waals surface area contributed by atoms with Crippen molar-refractivity contribution >= 4 is 17.3 Å². The van der Waals surface area contributed by atoms with Crippen LogP contribution in [0.5, 0.6) is 0 Å². The number of amides is 1. The van der Waals surface area contributed by atoms with Crippen molar-refractivity contribution in [1.82, 2.24) is 0 Å². The standard InChI is InChI=1S/C13H15F3N2O3/c1-17-10-6-8(2-3-9(10)11(20)12(17)21)18(4-5-19)7-13(14,15)16/h2-3,6,11,19-20H,4-5,7H2,1H3. The summed E-state index contributed by atoms with van der Waals surface area (Å²) >= 11 is 0. The lowest BCUT2D eigenvalue weighted by Crippen LogP contribution is -2.36. The van der Waals surface area contributed by atoms with E-state index in [9.17, 15) is 23.1 Å². The number of carbonyl (C=O) groups is 1. The fourth-order valence-electron chi connectivity index (χ4n) is 2.32. The molecular formula is C13H15F3N2O3. The zero-order chi connectivity index (χ0) is 15.8. The smallest absolute Gasteiger partial charge is 0.395 e. The molecule has 5 nitrogen and oxygen atoms in total. The highest BCUT2D eigenvalue weighted by Crippen LogP contribution is 2.37. The van der Waals surface area contributed by atoms with Crippen molar-refractivity contribution in [3.05, 3.63) is 23.8 Å². The maximum Gasteiger partial charge on any atom is 0.405 e. The van der Waals surface area contributed by atoms with E-state index >= 15 is 0 Å². The Kier molecular flexibility index (Phi) is 4.11. The van der Waals surface area contributed by atoms with Crippen LogP contribution in [0.25, 0.3) is 0 Å². The van der Waals surface area contributed by atoms with Crippen LogP contribution in [-0.2, 0) is 4.79 Å². The number of rotatable bonds is 4. The molecule has 1 aliphatic heterocycles. The van der Waals surface area contributed by atoms with Gasteiger partial charge in [0.05, 0.1) is 12.3 Å². The van der Waals surface area contributed by atoms with Gasteiger partial charge < -0.3 is 20.0 Å². The molecule has 0 saturated heterocycles. The Hall–Kier alpha value is -1.80. The van der Waals surface area contributed by atoms with Crippen molar-refractivity contribution in [1.29, 1.82) is 0 Å². The Balaban J connectivity index is 2.34. The lowest BCUT2D eigenvalue weighted by Gasteiger charge is -2.26. The number of alkyl halides is 3. The minimum atomic E-state index is -4.41. The van der Waals surface area contributed by atoms with Crippen molar-refractivity contribution in [3.63, 3.8) is 0 Å². The summed E-state index contributed by atoms with van der Waals surface area (Å²) in [5.41, 5.74) is 0.964. The molecule has 0 bridgehead atoms. The fraction of sp³-hybridized carbons (Fsp3) is 0.462. The Labute approximate surface area is 119 Å². The van der Waals surface area contributed by atoms with E-state index in [2.05, 4.69) is 0 Å². The van der Waals surface area contributed by atoms with Crippen molar-refractivity contribution in [2.24, 2.45) is 0 Å². The quantitative estimate of drug-likeness (QED) is 0.873. The van der Waals surface area contributed by atoms with Crippen molar-refractivity contribution in [2.45, 2.75) is 12.3 Å². The van der Waals surface area contributed by atoms with Crippen molar-refractivity contribution in [3.8, 4) is 0 Å². The largest absolute Gasteiger partial charge is 0.405 e. The summed E-state index contributed by atoms with van der Waals surface area (Å²) in [6.07, 6.45) is -5.69. The van der Waals surface area contributed by atoms with Gasteiger partial charge >= 0.3 is 6.18 Å². The molecule has 1 atom stereocenters. The second kappa shape index (κ2) is 5.53. The molecule has 0 radical (unpaired) electrons. The molecule has 8 heteroatoms. The number of aliphatic hydroxyl groups is 2. The van der Waals surface area contributed by atoms with E-state index in [1.54, 1.807) is 0 Å². The molecule has 0 spiro atoms. The predicted molar refractivity (Wildman–Crippen MR) is 70.2 cm³/mol. The Morgan fingerprint density at radius 1 is 1.38 bits per heavy atom. The fourth-order valence-corrected chi connectivity index (χ4v) is 2.32. The second-order valence-corrected chi connectivity index (χ2v) is 4.80. The Morgan fingerprint density at radius 2 is 2.05 bits per heavy atom. The molecule has 1 amide bonds. The second-order valence-electron chi connectivity index (χ2n) is 4.80. The van der Waals surface area contributed by atoms with Gasteiger partial charge in [-0.1, -0.05) is 6.07 Å². The molecule has 21 heavy (non-hydrogen) atoms. The monoisotopic (exact) mass is 304 g/mol. The number of likely N-dealkylation sites (N-methyl/N-ethyl adjacent to an activating group) is 1. The van der Waals surface area contributed by atoms with Crippen LogP contribution >= 0.6 is 0 Å². The summed E-state index contributed by atoms with van der Waals surface area (Å²) in [5, 5.41) is 18.6. The molecule has 2 rings (SSSR count). The van der Waals surface area contributed by atoms with E-state index in [-0.39, 0.29) is 12.2 Å². The van der Waals surface area contributed by atoms with Crippen LogP contribution in [0.3, 0.4) is 0 Å². The van der Waals surface area contributed by atoms with Gasteiger partial charge in [0.2, 0.25) is 0 Å². The molecule has 0 saturated carbocycles. The molecule has 2 N–H and O–H groups in total. The van der Waals surface area contributed by atoms with Crippen molar-refractivity contribution in [2.75, 3.05) is 36.5 Å². The summed E-state index contributed by atoms with van der Waals surface area (Å²) in [6, 6.07) is 4.23. The van der Waals surface area contributed by atoms with Crippen LogP contribution in [0.2, 0.25) is 0 Å². The zero-order valence-electron chi connectivity index (χ0n) is 11.3. The first-order chi connectivity index (χ1) is 9.74. The third-order valence-corrected chi connectivity index (χ3v) is 3.34. The summed E-state index contributed by atoms with van der Waals surface area (Å²) in [6.45, 7) is -1.81. The third-order valence-electron chi connectivity index (χ3n) is 3.34. The van der Waals surface area contributed by atoms with Gasteiger partial charge in [-0.15, -0.1) is 0 Å². The Morgan fingerprint density at radius 3 is 2.62 bits per heavy atom. The van der Waals surface area contributed by atoms with E-state index in [1.165, 1.54) is 30.1 Å². The maximum atomic E-state index is 12.6. The van der Waals surface area contributed by atoms with E-state index < -0.39 is 31.3 Å². The first-order valence-corrected chi connectivity index (χ1v) is 6.26. The first kappa shape index (κ1) is 15.6. The highest BCUT2D eigenvalue weighted by atomic mass is 19.4. The van der Waals surface area contributed by atoms with Gasteiger partial charge in [-0.05, 0) is 12.1 Å². The molecule has 116 valence electrons. The molecule has 1 aromatic rings. The Bertz CT molecular complexity index is 548. The summed E-state index contributed by atoms with van der Waals surface area (Å²) in [4.78, 5) is 13.8. The van der Waals surface area contributed by atoms with Gasteiger partial charge in [-0.25, -0.2) is 0 Å². The maximum absolute atomic E-state index is 12.6.